The smallest absolute Gasteiger partial charge is 0.164 e. The van der Waals surface area contributed by atoms with Gasteiger partial charge in [0.05, 0.1) is 28.9 Å². The lowest BCUT2D eigenvalue weighted by Crippen LogP contribution is -2.03. The van der Waals surface area contributed by atoms with Gasteiger partial charge in [-0.15, -0.1) is 11.3 Å². The number of aliphatic hydroxyl groups excluding tert-OH is 1. The Kier molecular flexibility index (Phi) is 5.54. The molecule has 0 saturated heterocycles. The first-order valence-electron chi connectivity index (χ1n) is 5.94. The van der Waals surface area contributed by atoms with E-state index >= 15 is 0 Å². The second-order valence-electron chi connectivity index (χ2n) is 4.13. The van der Waals surface area contributed by atoms with Crippen LogP contribution in [0, 0.1) is 0 Å². The third kappa shape index (κ3) is 3.36. The zero-order valence-corrected chi connectivity index (χ0v) is 15.6. The van der Waals surface area contributed by atoms with Gasteiger partial charge in [-0.3, -0.25) is 0 Å². The lowest BCUT2D eigenvalue weighted by molar-refractivity contribution is 0.213. The Morgan fingerprint density at radius 3 is 1.95 bits per heavy atom. The van der Waals surface area contributed by atoms with Crippen molar-refractivity contribution in [2.45, 2.75) is 6.10 Å². The zero-order valence-electron chi connectivity index (χ0n) is 11.6. The van der Waals surface area contributed by atoms with E-state index in [4.69, 9.17) is 14.2 Å². The van der Waals surface area contributed by atoms with Gasteiger partial charge >= 0.3 is 0 Å². The molecule has 0 spiro atoms. The SMILES string of the molecule is COc1cc(OC)c(C(O)c2cc(Br)sc2Br)cc1OC. The molecular formula is C14H14Br2O4S. The van der Waals surface area contributed by atoms with Crippen LogP contribution in [0.1, 0.15) is 17.2 Å². The topological polar surface area (TPSA) is 47.9 Å². The number of ether oxygens (including phenoxy) is 3. The van der Waals surface area contributed by atoms with Crippen molar-refractivity contribution < 1.29 is 19.3 Å². The largest absolute Gasteiger partial charge is 0.496 e. The van der Waals surface area contributed by atoms with Crippen molar-refractivity contribution in [1.29, 1.82) is 0 Å². The summed E-state index contributed by atoms with van der Waals surface area (Å²) in [6.45, 7) is 0. The molecule has 1 aromatic carbocycles. The first kappa shape index (κ1) is 16.6. The summed E-state index contributed by atoms with van der Waals surface area (Å²) in [5.41, 5.74) is 1.37. The van der Waals surface area contributed by atoms with Crippen molar-refractivity contribution >= 4 is 43.2 Å². The predicted molar refractivity (Wildman–Crippen MR) is 89.9 cm³/mol. The first-order valence-corrected chi connectivity index (χ1v) is 8.34. The molecular weight excluding hydrogens is 424 g/mol. The number of aliphatic hydroxyl groups is 1. The van der Waals surface area contributed by atoms with Gasteiger partial charge in [-0.25, -0.2) is 0 Å². The van der Waals surface area contributed by atoms with Crippen LogP contribution >= 0.6 is 43.2 Å². The zero-order chi connectivity index (χ0) is 15.6. The molecule has 0 aliphatic rings. The standard InChI is InChI=1S/C14H14Br2O4S/c1-18-9-6-11(20-3)10(19-2)4-7(9)13(17)8-5-12(15)21-14(8)16/h4-6,13,17H,1-3H3. The van der Waals surface area contributed by atoms with Gasteiger partial charge in [0.2, 0.25) is 0 Å². The third-order valence-electron chi connectivity index (χ3n) is 3.01. The molecule has 0 aliphatic heterocycles. The van der Waals surface area contributed by atoms with Crippen LogP contribution in [0.15, 0.2) is 25.8 Å². The summed E-state index contributed by atoms with van der Waals surface area (Å²) in [5, 5.41) is 10.7. The Balaban J connectivity index is 2.53. The summed E-state index contributed by atoms with van der Waals surface area (Å²) in [7, 11) is 4.66. The maximum atomic E-state index is 10.7. The maximum Gasteiger partial charge on any atom is 0.164 e. The monoisotopic (exact) mass is 436 g/mol. The predicted octanol–water partition coefficient (Wildman–Crippen LogP) is 4.38. The van der Waals surface area contributed by atoms with E-state index in [-0.39, 0.29) is 0 Å². The van der Waals surface area contributed by atoms with Crippen LogP contribution in [-0.2, 0) is 0 Å². The highest BCUT2D eigenvalue weighted by Crippen LogP contribution is 2.43. The summed E-state index contributed by atoms with van der Waals surface area (Å²) in [4.78, 5) is 0. The fourth-order valence-electron chi connectivity index (χ4n) is 1.97. The second-order valence-corrected chi connectivity index (χ2v) is 7.88. The molecule has 1 aromatic heterocycles. The summed E-state index contributed by atoms with van der Waals surface area (Å²) >= 11 is 8.37. The highest BCUT2D eigenvalue weighted by Gasteiger charge is 2.22. The number of benzene rings is 1. The minimum Gasteiger partial charge on any atom is -0.496 e. The van der Waals surface area contributed by atoms with Gasteiger partial charge in [-0.05, 0) is 44.0 Å². The molecule has 1 N–H and O–H groups in total. The van der Waals surface area contributed by atoms with E-state index in [1.807, 2.05) is 6.07 Å². The Morgan fingerprint density at radius 2 is 1.48 bits per heavy atom. The normalized spacial score (nSPS) is 12.1. The molecule has 4 nitrogen and oxygen atoms in total. The number of halogens is 2. The molecule has 0 fully saturated rings. The molecule has 1 atom stereocenters. The van der Waals surface area contributed by atoms with Crippen molar-refractivity contribution in [1.82, 2.24) is 0 Å². The lowest BCUT2D eigenvalue weighted by Gasteiger charge is -2.17. The Hall–Kier alpha value is -0.760. The number of methoxy groups -OCH3 is 3. The van der Waals surface area contributed by atoms with Crippen LogP contribution in [0.3, 0.4) is 0 Å². The fraction of sp³-hybridized carbons (Fsp3) is 0.286. The number of hydrogen-bond acceptors (Lipinski definition) is 5. The average molecular weight is 438 g/mol. The van der Waals surface area contributed by atoms with Crippen molar-refractivity contribution in [2.75, 3.05) is 21.3 Å². The molecule has 7 heteroatoms. The van der Waals surface area contributed by atoms with Gasteiger partial charge in [0.1, 0.15) is 11.9 Å². The third-order valence-corrected chi connectivity index (χ3v) is 5.39. The molecule has 1 unspecified atom stereocenters. The van der Waals surface area contributed by atoms with Crippen LogP contribution in [-0.4, -0.2) is 26.4 Å². The van der Waals surface area contributed by atoms with Crippen LogP contribution in [0.4, 0.5) is 0 Å². The molecule has 0 aliphatic carbocycles. The second kappa shape index (κ2) is 7.00. The van der Waals surface area contributed by atoms with Gasteiger partial charge in [0.15, 0.2) is 11.5 Å². The average Bonchev–Trinajstić information content (AvgIpc) is 2.83. The van der Waals surface area contributed by atoms with Crippen molar-refractivity contribution in [3.8, 4) is 17.2 Å². The van der Waals surface area contributed by atoms with Crippen LogP contribution < -0.4 is 14.2 Å². The van der Waals surface area contributed by atoms with Crippen molar-refractivity contribution in [2.24, 2.45) is 0 Å². The molecule has 2 rings (SSSR count). The fourth-order valence-corrected chi connectivity index (χ4v) is 4.86. The van der Waals surface area contributed by atoms with E-state index in [0.717, 1.165) is 13.1 Å². The highest BCUT2D eigenvalue weighted by atomic mass is 79.9. The van der Waals surface area contributed by atoms with Crippen molar-refractivity contribution in [3.63, 3.8) is 0 Å². The quantitative estimate of drug-likeness (QED) is 0.753. The molecule has 114 valence electrons. The van der Waals surface area contributed by atoms with E-state index in [1.165, 1.54) is 11.3 Å². The van der Waals surface area contributed by atoms with Gasteiger partial charge in [-0.1, -0.05) is 0 Å². The van der Waals surface area contributed by atoms with Gasteiger partial charge < -0.3 is 19.3 Å². The van der Waals surface area contributed by atoms with Crippen LogP contribution in [0.25, 0.3) is 0 Å². The molecule has 1 heterocycles. The minimum atomic E-state index is -0.836. The van der Waals surface area contributed by atoms with E-state index in [9.17, 15) is 5.11 Å². The summed E-state index contributed by atoms with van der Waals surface area (Å²) in [6, 6.07) is 5.29. The molecule has 0 saturated carbocycles. The van der Waals surface area contributed by atoms with Crippen LogP contribution in [0.5, 0.6) is 17.2 Å². The van der Waals surface area contributed by atoms with Gasteiger partial charge in [0.25, 0.3) is 0 Å². The summed E-state index contributed by atoms with van der Waals surface area (Å²) < 4.78 is 17.7. The Bertz CT molecular complexity index is 642. The Morgan fingerprint density at radius 1 is 0.905 bits per heavy atom. The summed E-state index contributed by atoms with van der Waals surface area (Å²) in [5.74, 6) is 1.63. The van der Waals surface area contributed by atoms with Gasteiger partial charge in [-0.2, -0.15) is 0 Å². The highest BCUT2D eigenvalue weighted by molar-refractivity contribution is 9.12. The molecule has 0 bridgehead atoms. The molecule has 21 heavy (non-hydrogen) atoms. The molecule has 0 radical (unpaired) electrons. The number of thiophene rings is 1. The Labute approximate surface area is 143 Å². The minimum absolute atomic E-state index is 0.536. The first-order chi connectivity index (χ1) is 10.0. The number of rotatable bonds is 5. The van der Waals surface area contributed by atoms with E-state index in [1.54, 1.807) is 33.5 Å². The van der Waals surface area contributed by atoms with E-state index < -0.39 is 6.10 Å². The van der Waals surface area contributed by atoms with Crippen molar-refractivity contribution in [3.05, 3.63) is 36.9 Å². The van der Waals surface area contributed by atoms with Gasteiger partial charge in [0, 0.05) is 17.2 Å². The molecule has 0 amide bonds. The summed E-state index contributed by atoms with van der Waals surface area (Å²) in [6.07, 6.45) is -0.836. The maximum absolute atomic E-state index is 10.7. The van der Waals surface area contributed by atoms with Crippen LogP contribution in [0.2, 0.25) is 0 Å². The van der Waals surface area contributed by atoms with E-state index in [2.05, 4.69) is 31.9 Å². The lowest BCUT2D eigenvalue weighted by atomic mass is 10.0. The molecule has 2 aromatic rings. The number of hydrogen-bond donors (Lipinski definition) is 1. The van der Waals surface area contributed by atoms with E-state index in [0.29, 0.717) is 22.8 Å².